The summed E-state index contributed by atoms with van der Waals surface area (Å²) in [6, 6.07) is 16.3. The number of para-hydroxylation sites is 1. The van der Waals surface area contributed by atoms with Crippen molar-refractivity contribution in [2.24, 2.45) is 0 Å². The Hall–Kier alpha value is -2.37. The first-order chi connectivity index (χ1) is 12.5. The van der Waals surface area contributed by atoms with Gasteiger partial charge in [-0.05, 0) is 48.9 Å². The van der Waals surface area contributed by atoms with Crippen LogP contribution in [0.3, 0.4) is 0 Å². The van der Waals surface area contributed by atoms with Gasteiger partial charge < -0.3 is 5.32 Å². The molecule has 0 aliphatic rings. The summed E-state index contributed by atoms with van der Waals surface area (Å²) < 4.78 is 17.2. The molecule has 0 amide bonds. The lowest BCUT2D eigenvalue weighted by Gasteiger charge is -2.12. The number of pyridine rings is 1. The number of hydrogen-bond donors (Lipinski definition) is 1. The Balaban J connectivity index is 1.98. The smallest absolute Gasteiger partial charge is 0.143 e. The number of anilines is 2. The molecule has 1 N–H and O–H groups in total. The zero-order chi connectivity index (χ0) is 18.3. The van der Waals surface area contributed by atoms with Crippen LogP contribution in [0.1, 0.15) is 5.56 Å². The Bertz CT molecular complexity index is 1120. The number of halogens is 3. The molecule has 0 atom stereocenters. The lowest BCUT2D eigenvalue weighted by molar-refractivity contribution is 0.630. The quantitative estimate of drug-likeness (QED) is 0.396. The van der Waals surface area contributed by atoms with Crippen molar-refractivity contribution in [1.82, 2.24) is 9.38 Å². The molecule has 0 aliphatic heterocycles. The molecule has 0 radical (unpaired) electrons. The van der Waals surface area contributed by atoms with Gasteiger partial charge in [-0.25, -0.2) is 9.37 Å². The Labute approximate surface area is 163 Å². The van der Waals surface area contributed by atoms with Crippen molar-refractivity contribution in [2.45, 2.75) is 6.92 Å². The minimum absolute atomic E-state index is 0.337. The van der Waals surface area contributed by atoms with Crippen molar-refractivity contribution < 1.29 is 4.39 Å². The first-order valence-corrected chi connectivity index (χ1v) is 9.16. The van der Waals surface area contributed by atoms with Crippen molar-refractivity contribution in [3.05, 3.63) is 81.7 Å². The van der Waals surface area contributed by atoms with Crippen LogP contribution in [-0.4, -0.2) is 9.38 Å². The van der Waals surface area contributed by atoms with Gasteiger partial charge in [0.2, 0.25) is 0 Å². The van der Waals surface area contributed by atoms with Crippen LogP contribution in [0, 0.1) is 12.7 Å². The van der Waals surface area contributed by atoms with Gasteiger partial charge in [-0.15, -0.1) is 0 Å². The molecule has 0 saturated carbocycles. The van der Waals surface area contributed by atoms with Gasteiger partial charge in [-0.2, -0.15) is 0 Å². The van der Waals surface area contributed by atoms with Gasteiger partial charge in [0, 0.05) is 21.9 Å². The van der Waals surface area contributed by atoms with Crippen molar-refractivity contribution in [3.8, 4) is 11.3 Å². The molecule has 4 aromatic rings. The lowest BCUT2D eigenvalue weighted by atomic mass is 10.1. The molecule has 4 rings (SSSR count). The molecular formula is C20H14BrClFN3. The average molecular weight is 431 g/mol. The van der Waals surface area contributed by atoms with Gasteiger partial charge in [-0.3, -0.25) is 4.40 Å². The molecule has 2 aromatic heterocycles. The van der Waals surface area contributed by atoms with Gasteiger partial charge in [0.15, 0.2) is 0 Å². The van der Waals surface area contributed by atoms with Gasteiger partial charge in [0.25, 0.3) is 0 Å². The Kier molecular flexibility index (Phi) is 4.42. The summed E-state index contributed by atoms with van der Waals surface area (Å²) in [5, 5.41) is 3.97. The van der Waals surface area contributed by atoms with Gasteiger partial charge in [0.1, 0.15) is 23.0 Å². The van der Waals surface area contributed by atoms with E-state index in [1.165, 1.54) is 6.07 Å². The number of nitrogens with zero attached hydrogens (tertiary/aromatic N) is 2. The summed E-state index contributed by atoms with van der Waals surface area (Å²) in [5.41, 5.74) is 3.61. The number of imidazole rings is 1. The fraction of sp³-hybridized carbons (Fsp3) is 0.0500. The highest BCUT2D eigenvalue weighted by Crippen LogP contribution is 2.35. The fourth-order valence-electron chi connectivity index (χ4n) is 2.85. The molecule has 130 valence electrons. The van der Waals surface area contributed by atoms with E-state index >= 15 is 0 Å². The first-order valence-electron chi connectivity index (χ1n) is 7.98. The molecule has 0 unspecified atom stereocenters. The van der Waals surface area contributed by atoms with Gasteiger partial charge in [0.05, 0.1) is 5.02 Å². The maximum atomic E-state index is 14.5. The monoisotopic (exact) mass is 429 g/mol. The summed E-state index contributed by atoms with van der Waals surface area (Å²) in [5.74, 6) is 0.323. The minimum Gasteiger partial charge on any atom is -0.339 e. The number of fused-ring (bicyclic) bond motifs is 1. The number of aromatic nitrogens is 2. The van der Waals surface area contributed by atoms with E-state index in [0.717, 1.165) is 15.7 Å². The molecular weight excluding hydrogens is 417 g/mol. The second-order valence-electron chi connectivity index (χ2n) is 5.95. The normalized spacial score (nSPS) is 11.1. The predicted octanol–water partition coefficient (Wildman–Crippen LogP) is 6.61. The highest BCUT2D eigenvalue weighted by molar-refractivity contribution is 9.10. The summed E-state index contributed by atoms with van der Waals surface area (Å²) in [4.78, 5) is 4.63. The summed E-state index contributed by atoms with van der Waals surface area (Å²) in [6.07, 6.45) is 1.77. The number of benzene rings is 2. The van der Waals surface area contributed by atoms with E-state index in [4.69, 9.17) is 11.6 Å². The maximum Gasteiger partial charge on any atom is 0.143 e. The van der Waals surface area contributed by atoms with E-state index in [0.29, 0.717) is 27.7 Å². The predicted molar refractivity (Wildman–Crippen MR) is 108 cm³/mol. The van der Waals surface area contributed by atoms with Crippen LogP contribution >= 0.6 is 27.5 Å². The van der Waals surface area contributed by atoms with Crippen molar-refractivity contribution in [1.29, 1.82) is 0 Å². The van der Waals surface area contributed by atoms with Gasteiger partial charge >= 0.3 is 0 Å². The second-order valence-corrected chi connectivity index (χ2v) is 7.30. The van der Waals surface area contributed by atoms with E-state index in [1.807, 2.05) is 41.7 Å². The third-order valence-corrected chi connectivity index (χ3v) is 4.88. The fourth-order valence-corrected chi connectivity index (χ4v) is 3.37. The van der Waals surface area contributed by atoms with E-state index in [1.54, 1.807) is 24.4 Å². The molecule has 0 bridgehead atoms. The van der Waals surface area contributed by atoms with Crippen molar-refractivity contribution in [2.75, 3.05) is 5.32 Å². The number of hydrogen-bond acceptors (Lipinski definition) is 2. The van der Waals surface area contributed by atoms with Crippen LogP contribution in [0.5, 0.6) is 0 Å². The standard InChI is InChI=1S/C20H14BrClFN3/c1-12-4-2-3-5-17(12)24-20-19(15-10-13(21)6-8-16(15)23)25-18-9-7-14(22)11-26(18)20/h2-11,24H,1H3. The molecule has 26 heavy (non-hydrogen) atoms. The number of nitrogens with one attached hydrogen (secondary N) is 1. The molecule has 0 spiro atoms. The lowest BCUT2D eigenvalue weighted by Crippen LogP contribution is -1.99. The highest BCUT2D eigenvalue weighted by Gasteiger charge is 2.18. The summed E-state index contributed by atoms with van der Waals surface area (Å²) in [6.45, 7) is 2.01. The van der Waals surface area contributed by atoms with Gasteiger partial charge in [-0.1, -0.05) is 45.7 Å². The molecule has 3 nitrogen and oxygen atoms in total. The highest BCUT2D eigenvalue weighted by atomic mass is 79.9. The van der Waals surface area contributed by atoms with Crippen LogP contribution in [0.15, 0.2) is 65.3 Å². The van der Waals surface area contributed by atoms with E-state index < -0.39 is 0 Å². The van der Waals surface area contributed by atoms with Crippen LogP contribution in [0.2, 0.25) is 5.02 Å². The zero-order valence-corrected chi connectivity index (χ0v) is 16.1. The average Bonchev–Trinajstić information content (AvgIpc) is 2.97. The molecule has 2 aromatic carbocycles. The molecule has 0 saturated heterocycles. The topological polar surface area (TPSA) is 29.3 Å². The third-order valence-electron chi connectivity index (χ3n) is 4.16. The van der Waals surface area contributed by atoms with Crippen molar-refractivity contribution >= 4 is 44.7 Å². The Morgan fingerprint density at radius 3 is 2.73 bits per heavy atom. The third kappa shape index (κ3) is 3.08. The molecule has 6 heteroatoms. The molecule has 2 heterocycles. The number of aryl methyl sites for hydroxylation is 1. The largest absolute Gasteiger partial charge is 0.339 e. The first kappa shape index (κ1) is 17.1. The van der Waals surface area contributed by atoms with E-state index in [9.17, 15) is 4.39 Å². The van der Waals surface area contributed by atoms with Crippen LogP contribution in [-0.2, 0) is 0 Å². The second kappa shape index (κ2) is 6.74. The Morgan fingerprint density at radius 1 is 1.12 bits per heavy atom. The SMILES string of the molecule is Cc1ccccc1Nc1c(-c2cc(Br)ccc2F)nc2ccc(Cl)cn12. The Morgan fingerprint density at radius 2 is 1.92 bits per heavy atom. The molecule has 0 fully saturated rings. The number of rotatable bonds is 3. The van der Waals surface area contributed by atoms with Crippen molar-refractivity contribution in [3.63, 3.8) is 0 Å². The van der Waals surface area contributed by atoms with E-state index in [2.05, 4.69) is 26.2 Å². The van der Waals surface area contributed by atoms with Crippen LogP contribution < -0.4 is 5.32 Å². The zero-order valence-electron chi connectivity index (χ0n) is 13.8. The van der Waals surface area contributed by atoms with Crippen LogP contribution in [0.25, 0.3) is 16.9 Å². The van der Waals surface area contributed by atoms with Crippen LogP contribution in [0.4, 0.5) is 15.9 Å². The molecule has 0 aliphatic carbocycles. The summed E-state index contributed by atoms with van der Waals surface area (Å²) in [7, 11) is 0. The maximum absolute atomic E-state index is 14.5. The summed E-state index contributed by atoms with van der Waals surface area (Å²) >= 11 is 9.59. The minimum atomic E-state index is -0.337. The van der Waals surface area contributed by atoms with E-state index in [-0.39, 0.29) is 5.82 Å².